The van der Waals surface area contributed by atoms with Gasteiger partial charge in [-0.05, 0) is 25.0 Å². The van der Waals surface area contributed by atoms with Crippen LogP contribution in [0.4, 0.5) is 0 Å². The van der Waals surface area contributed by atoms with Gasteiger partial charge in [-0.1, -0.05) is 60.2 Å². The van der Waals surface area contributed by atoms with E-state index in [4.69, 9.17) is 0 Å². The summed E-state index contributed by atoms with van der Waals surface area (Å²) in [6, 6.07) is 16.9. The van der Waals surface area contributed by atoms with Crippen molar-refractivity contribution in [3.8, 4) is 0 Å². The van der Waals surface area contributed by atoms with Crippen molar-refractivity contribution in [1.29, 1.82) is 0 Å². The van der Waals surface area contributed by atoms with E-state index in [9.17, 15) is 9.90 Å². The molecule has 0 spiro atoms. The Labute approximate surface area is 113 Å². The average Bonchev–Trinajstić information content (AvgIpc) is 2.40. The normalized spacial score (nSPS) is 13.8. The van der Waals surface area contributed by atoms with Gasteiger partial charge < -0.3 is 5.11 Å². The minimum atomic E-state index is -1.44. The fraction of sp³-hybridized carbons (Fsp3) is 0.235. The first-order valence-corrected chi connectivity index (χ1v) is 6.37. The molecule has 19 heavy (non-hydrogen) atoms. The maximum absolute atomic E-state index is 12.3. The minimum Gasteiger partial charge on any atom is -0.378 e. The zero-order chi connectivity index (χ0) is 13.9. The summed E-state index contributed by atoms with van der Waals surface area (Å²) in [5.41, 5.74) is 1.22. The molecule has 0 aromatic heterocycles. The molecule has 2 nitrogen and oxygen atoms in total. The second kappa shape index (κ2) is 5.37. The molecule has 0 aliphatic carbocycles. The lowest BCUT2D eigenvalue weighted by molar-refractivity contribution is -0.135. The van der Waals surface area contributed by atoms with Gasteiger partial charge in [0.1, 0.15) is 5.60 Å². The lowest BCUT2D eigenvalue weighted by atomic mass is 9.88. The third-order valence-electron chi connectivity index (χ3n) is 3.36. The standard InChI is InChI=1S/C17H18O2/c1-13-8-10-15(11-9-13)17(2,19)16(18)12-14-6-4-3-5-7-14/h3-11,19H,12H2,1-2H3. The number of ketones is 1. The van der Waals surface area contributed by atoms with E-state index in [-0.39, 0.29) is 12.2 Å². The zero-order valence-corrected chi connectivity index (χ0v) is 11.3. The van der Waals surface area contributed by atoms with Crippen molar-refractivity contribution in [3.63, 3.8) is 0 Å². The second-order valence-corrected chi connectivity index (χ2v) is 5.02. The van der Waals surface area contributed by atoms with Gasteiger partial charge in [0.05, 0.1) is 0 Å². The van der Waals surface area contributed by atoms with Gasteiger partial charge in [0, 0.05) is 6.42 Å². The van der Waals surface area contributed by atoms with Crippen LogP contribution in [0, 0.1) is 6.92 Å². The van der Waals surface area contributed by atoms with Crippen molar-refractivity contribution in [2.75, 3.05) is 0 Å². The van der Waals surface area contributed by atoms with Crippen LogP contribution >= 0.6 is 0 Å². The van der Waals surface area contributed by atoms with Gasteiger partial charge in [0.15, 0.2) is 5.78 Å². The summed E-state index contributed by atoms with van der Waals surface area (Å²) in [7, 11) is 0. The molecule has 1 unspecified atom stereocenters. The number of hydrogen-bond donors (Lipinski definition) is 1. The highest BCUT2D eigenvalue weighted by molar-refractivity contribution is 5.89. The molecule has 0 aliphatic rings. The Kier molecular flexibility index (Phi) is 3.82. The Bertz CT molecular complexity index is 554. The summed E-state index contributed by atoms with van der Waals surface area (Å²) in [5, 5.41) is 10.5. The van der Waals surface area contributed by atoms with Crippen LogP contribution < -0.4 is 0 Å². The SMILES string of the molecule is Cc1ccc(C(C)(O)C(=O)Cc2ccccc2)cc1. The van der Waals surface area contributed by atoms with Gasteiger partial charge in [0.25, 0.3) is 0 Å². The van der Waals surface area contributed by atoms with Gasteiger partial charge in [-0.15, -0.1) is 0 Å². The Hall–Kier alpha value is -1.93. The highest BCUT2D eigenvalue weighted by Gasteiger charge is 2.31. The van der Waals surface area contributed by atoms with Crippen molar-refractivity contribution in [1.82, 2.24) is 0 Å². The molecule has 0 bridgehead atoms. The summed E-state index contributed by atoms with van der Waals surface area (Å²) in [4.78, 5) is 12.3. The molecule has 2 aromatic carbocycles. The Morgan fingerprint density at radius 3 is 2.21 bits per heavy atom. The van der Waals surface area contributed by atoms with Gasteiger partial charge in [-0.3, -0.25) is 4.79 Å². The van der Waals surface area contributed by atoms with E-state index in [0.29, 0.717) is 5.56 Å². The van der Waals surface area contributed by atoms with E-state index >= 15 is 0 Å². The third kappa shape index (κ3) is 3.09. The number of benzene rings is 2. The first kappa shape index (κ1) is 13.5. The number of carbonyl (C=O) groups excluding carboxylic acids is 1. The smallest absolute Gasteiger partial charge is 0.172 e. The average molecular weight is 254 g/mol. The van der Waals surface area contributed by atoms with Gasteiger partial charge >= 0.3 is 0 Å². The summed E-state index contributed by atoms with van der Waals surface area (Å²) in [6.45, 7) is 3.53. The van der Waals surface area contributed by atoms with Crippen LogP contribution in [0.15, 0.2) is 54.6 Å². The summed E-state index contributed by atoms with van der Waals surface area (Å²) in [6.07, 6.45) is 0.238. The van der Waals surface area contributed by atoms with E-state index in [1.54, 1.807) is 19.1 Å². The van der Waals surface area contributed by atoms with Crippen LogP contribution in [0.1, 0.15) is 23.6 Å². The second-order valence-electron chi connectivity index (χ2n) is 5.02. The van der Waals surface area contributed by atoms with Crippen LogP contribution in [0.25, 0.3) is 0 Å². The van der Waals surface area contributed by atoms with Crippen LogP contribution in [0.2, 0.25) is 0 Å². The molecule has 0 radical (unpaired) electrons. The molecule has 0 fully saturated rings. The van der Waals surface area contributed by atoms with Crippen molar-refractivity contribution in [3.05, 3.63) is 71.3 Å². The number of rotatable bonds is 4. The molecule has 2 heteroatoms. The van der Waals surface area contributed by atoms with E-state index in [0.717, 1.165) is 11.1 Å². The molecule has 1 N–H and O–H groups in total. The van der Waals surface area contributed by atoms with Gasteiger partial charge in [-0.25, -0.2) is 0 Å². The molecule has 0 heterocycles. The first-order chi connectivity index (χ1) is 9.00. The van der Waals surface area contributed by atoms with E-state index in [2.05, 4.69) is 0 Å². The van der Waals surface area contributed by atoms with Gasteiger partial charge in [0.2, 0.25) is 0 Å². The summed E-state index contributed by atoms with van der Waals surface area (Å²) in [5.74, 6) is -0.192. The zero-order valence-electron chi connectivity index (χ0n) is 11.3. The van der Waals surface area contributed by atoms with Gasteiger partial charge in [-0.2, -0.15) is 0 Å². The lowest BCUT2D eigenvalue weighted by Crippen LogP contribution is -2.33. The summed E-state index contributed by atoms with van der Waals surface area (Å²) >= 11 is 0. The molecule has 1 atom stereocenters. The molecule has 0 saturated heterocycles. The number of Topliss-reactive ketones (excluding diaryl/α,β-unsaturated/α-hetero) is 1. The highest BCUT2D eigenvalue weighted by atomic mass is 16.3. The molecule has 98 valence electrons. The Balaban J connectivity index is 2.19. The van der Waals surface area contributed by atoms with E-state index < -0.39 is 5.60 Å². The minimum absolute atomic E-state index is 0.192. The third-order valence-corrected chi connectivity index (χ3v) is 3.36. The molecule has 2 aromatic rings. The Morgan fingerprint density at radius 1 is 1.05 bits per heavy atom. The number of carbonyl (C=O) groups is 1. The Morgan fingerprint density at radius 2 is 1.63 bits per heavy atom. The number of aryl methyl sites for hydroxylation is 1. The van der Waals surface area contributed by atoms with Crippen molar-refractivity contribution < 1.29 is 9.90 Å². The van der Waals surface area contributed by atoms with Crippen molar-refractivity contribution >= 4 is 5.78 Å². The van der Waals surface area contributed by atoms with Crippen molar-refractivity contribution in [2.45, 2.75) is 25.9 Å². The molecular formula is C17H18O2. The topological polar surface area (TPSA) is 37.3 Å². The van der Waals surface area contributed by atoms with E-state index in [1.165, 1.54) is 0 Å². The lowest BCUT2D eigenvalue weighted by Gasteiger charge is -2.22. The fourth-order valence-corrected chi connectivity index (χ4v) is 1.99. The molecular weight excluding hydrogens is 236 g/mol. The molecule has 0 amide bonds. The fourth-order valence-electron chi connectivity index (χ4n) is 1.99. The predicted molar refractivity (Wildman–Crippen MR) is 75.9 cm³/mol. The maximum Gasteiger partial charge on any atom is 0.172 e. The highest BCUT2D eigenvalue weighted by Crippen LogP contribution is 2.23. The van der Waals surface area contributed by atoms with Crippen LogP contribution in [0.3, 0.4) is 0 Å². The quantitative estimate of drug-likeness (QED) is 0.910. The monoisotopic (exact) mass is 254 g/mol. The molecule has 2 rings (SSSR count). The van der Waals surface area contributed by atoms with E-state index in [1.807, 2.05) is 49.4 Å². The van der Waals surface area contributed by atoms with Crippen molar-refractivity contribution in [2.24, 2.45) is 0 Å². The number of aliphatic hydroxyl groups is 1. The van der Waals surface area contributed by atoms with Crippen LogP contribution in [0.5, 0.6) is 0 Å². The van der Waals surface area contributed by atoms with Crippen LogP contribution in [-0.2, 0) is 16.8 Å². The maximum atomic E-state index is 12.3. The number of hydrogen-bond acceptors (Lipinski definition) is 2. The predicted octanol–water partition coefficient (Wildman–Crippen LogP) is 3.01. The molecule has 0 saturated carbocycles. The van der Waals surface area contributed by atoms with Crippen LogP contribution in [-0.4, -0.2) is 10.9 Å². The first-order valence-electron chi connectivity index (χ1n) is 6.37. The largest absolute Gasteiger partial charge is 0.378 e. The molecule has 0 aliphatic heterocycles. The summed E-state index contributed by atoms with van der Waals surface area (Å²) < 4.78 is 0.